The van der Waals surface area contributed by atoms with Crippen LogP contribution in [0, 0.1) is 0 Å². The van der Waals surface area contributed by atoms with E-state index in [0.717, 1.165) is 5.56 Å². The van der Waals surface area contributed by atoms with E-state index >= 15 is 0 Å². The number of amides is 2. The molecular formula is C9H11N3O2. The van der Waals surface area contributed by atoms with Crippen LogP contribution in [0.5, 0.6) is 0 Å². The maximum atomic E-state index is 10.7. The van der Waals surface area contributed by atoms with Gasteiger partial charge in [0.15, 0.2) is 0 Å². The summed E-state index contributed by atoms with van der Waals surface area (Å²) in [7, 11) is 0. The number of primary amides is 1. The van der Waals surface area contributed by atoms with Crippen LogP contribution in [0.15, 0.2) is 24.5 Å². The van der Waals surface area contributed by atoms with Crippen LogP contribution >= 0.6 is 0 Å². The number of aromatic nitrogens is 1. The molecule has 1 aromatic rings. The fourth-order valence-electron chi connectivity index (χ4n) is 0.957. The third-order valence-electron chi connectivity index (χ3n) is 1.67. The summed E-state index contributed by atoms with van der Waals surface area (Å²) in [6.45, 7) is 0.395. The maximum Gasteiger partial charge on any atom is 0.309 e. The zero-order chi connectivity index (χ0) is 10.4. The summed E-state index contributed by atoms with van der Waals surface area (Å²) in [5.74, 6) is -1.71. The number of hydrogen-bond acceptors (Lipinski definition) is 3. The van der Waals surface area contributed by atoms with E-state index in [9.17, 15) is 9.59 Å². The molecule has 0 aliphatic heterocycles. The molecule has 1 aromatic heterocycles. The number of rotatable bonds is 3. The Bertz CT molecular complexity index is 324. The number of carbonyl (C=O) groups is 2. The average Bonchev–Trinajstić information content (AvgIpc) is 2.19. The smallest absolute Gasteiger partial charge is 0.309 e. The van der Waals surface area contributed by atoms with Gasteiger partial charge in [0.25, 0.3) is 0 Å². The van der Waals surface area contributed by atoms with Crippen molar-refractivity contribution >= 4 is 11.8 Å². The van der Waals surface area contributed by atoms with Crippen LogP contribution in [0.4, 0.5) is 0 Å². The summed E-state index contributed by atoms with van der Waals surface area (Å²) in [5, 5.41) is 2.40. The Morgan fingerprint density at radius 2 is 2.00 bits per heavy atom. The van der Waals surface area contributed by atoms with Crippen molar-refractivity contribution in [2.75, 3.05) is 6.54 Å². The lowest BCUT2D eigenvalue weighted by Crippen LogP contribution is -2.37. The Hall–Kier alpha value is -1.91. The highest BCUT2D eigenvalue weighted by Crippen LogP contribution is 1.95. The molecule has 2 amide bonds. The van der Waals surface area contributed by atoms with E-state index in [0.29, 0.717) is 13.0 Å². The van der Waals surface area contributed by atoms with E-state index in [1.54, 1.807) is 12.4 Å². The van der Waals surface area contributed by atoms with Gasteiger partial charge in [-0.1, -0.05) is 0 Å². The SMILES string of the molecule is NC(=O)C(=O)NCCc1ccncc1. The van der Waals surface area contributed by atoms with Crippen LogP contribution in [0.1, 0.15) is 5.56 Å². The van der Waals surface area contributed by atoms with Crippen LogP contribution in [0.2, 0.25) is 0 Å². The highest BCUT2D eigenvalue weighted by atomic mass is 16.2. The molecule has 0 saturated carbocycles. The van der Waals surface area contributed by atoms with Gasteiger partial charge in [0.2, 0.25) is 0 Å². The molecule has 0 fully saturated rings. The van der Waals surface area contributed by atoms with Gasteiger partial charge in [0.05, 0.1) is 0 Å². The lowest BCUT2D eigenvalue weighted by Gasteiger charge is -2.01. The molecule has 0 atom stereocenters. The Labute approximate surface area is 81.3 Å². The second-order valence-electron chi connectivity index (χ2n) is 2.73. The van der Waals surface area contributed by atoms with E-state index in [-0.39, 0.29) is 0 Å². The minimum Gasteiger partial charge on any atom is -0.361 e. The summed E-state index contributed by atoms with van der Waals surface area (Å²) in [6, 6.07) is 3.69. The Balaban J connectivity index is 2.29. The zero-order valence-corrected chi connectivity index (χ0v) is 7.56. The summed E-state index contributed by atoms with van der Waals surface area (Å²) >= 11 is 0. The standard InChI is InChI=1S/C9H11N3O2/c10-8(13)9(14)12-6-3-7-1-4-11-5-2-7/h1-2,4-5H,3,6H2,(H2,10,13)(H,12,14). The molecule has 0 bridgehead atoms. The van der Waals surface area contributed by atoms with Crippen molar-refractivity contribution in [1.82, 2.24) is 10.3 Å². The van der Waals surface area contributed by atoms with Gasteiger partial charge < -0.3 is 11.1 Å². The van der Waals surface area contributed by atoms with E-state index < -0.39 is 11.8 Å². The quantitative estimate of drug-likeness (QED) is 0.618. The summed E-state index contributed by atoms with van der Waals surface area (Å²) in [5.41, 5.74) is 5.80. The van der Waals surface area contributed by atoms with Crippen LogP contribution in [-0.2, 0) is 16.0 Å². The number of nitrogens with two attached hydrogens (primary N) is 1. The fourth-order valence-corrected chi connectivity index (χ4v) is 0.957. The molecule has 5 heteroatoms. The summed E-state index contributed by atoms with van der Waals surface area (Å²) in [6.07, 6.45) is 4.00. The highest BCUT2D eigenvalue weighted by Gasteiger charge is 2.06. The molecule has 0 unspecified atom stereocenters. The number of nitrogens with zero attached hydrogens (tertiary/aromatic N) is 1. The third kappa shape index (κ3) is 3.22. The van der Waals surface area contributed by atoms with Gasteiger partial charge in [0.1, 0.15) is 0 Å². The van der Waals surface area contributed by atoms with Gasteiger partial charge in [-0.05, 0) is 24.1 Å². The van der Waals surface area contributed by atoms with Crippen molar-refractivity contribution in [3.05, 3.63) is 30.1 Å². The molecule has 14 heavy (non-hydrogen) atoms. The molecule has 0 spiro atoms. The Morgan fingerprint density at radius 3 is 2.57 bits per heavy atom. The van der Waals surface area contributed by atoms with Crippen molar-refractivity contribution in [3.63, 3.8) is 0 Å². The minimum absolute atomic E-state index is 0.395. The van der Waals surface area contributed by atoms with Gasteiger partial charge in [-0.3, -0.25) is 14.6 Å². The van der Waals surface area contributed by atoms with Gasteiger partial charge in [-0.15, -0.1) is 0 Å². The van der Waals surface area contributed by atoms with E-state index in [4.69, 9.17) is 5.73 Å². The first-order valence-electron chi connectivity index (χ1n) is 4.16. The second-order valence-corrected chi connectivity index (χ2v) is 2.73. The molecule has 1 heterocycles. The molecule has 5 nitrogen and oxygen atoms in total. The molecule has 3 N–H and O–H groups in total. The summed E-state index contributed by atoms with van der Waals surface area (Å²) < 4.78 is 0. The molecule has 0 radical (unpaired) electrons. The second kappa shape index (κ2) is 4.96. The van der Waals surface area contributed by atoms with Crippen LogP contribution < -0.4 is 11.1 Å². The predicted octanol–water partition coefficient (Wildman–Crippen LogP) is -0.774. The lowest BCUT2D eigenvalue weighted by molar-refractivity contribution is -0.137. The molecule has 0 saturated heterocycles. The lowest BCUT2D eigenvalue weighted by atomic mass is 10.2. The monoisotopic (exact) mass is 193 g/mol. The van der Waals surface area contributed by atoms with Crippen molar-refractivity contribution in [3.8, 4) is 0 Å². The first-order valence-corrected chi connectivity index (χ1v) is 4.16. The fraction of sp³-hybridized carbons (Fsp3) is 0.222. The average molecular weight is 193 g/mol. The number of pyridine rings is 1. The van der Waals surface area contributed by atoms with E-state index in [2.05, 4.69) is 10.3 Å². The largest absolute Gasteiger partial charge is 0.361 e. The molecule has 0 aliphatic rings. The van der Waals surface area contributed by atoms with E-state index in [1.165, 1.54) is 0 Å². The Morgan fingerprint density at radius 1 is 1.36 bits per heavy atom. The van der Waals surface area contributed by atoms with Gasteiger partial charge >= 0.3 is 11.8 Å². The molecule has 0 aromatic carbocycles. The van der Waals surface area contributed by atoms with Crippen molar-refractivity contribution in [2.24, 2.45) is 5.73 Å². The minimum atomic E-state index is -0.959. The van der Waals surface area contributed by atoms with Gasteiger partial charge in [-0.2, -0.15) is 0 Å². The molecule has 74 valence electrons. The van der Waals surface area contributed by atoms with Crippen molar-refractivity contribution < 1.29 is 9.59 Å². The van der Waals surface area contributed by atoms with E-state index in [1.807, 2.05) is 12.1 Å². The summed E-state index contributed by atoms with van der Waals surface area (Å²) in [4.78, 5) is 24.9. The Kier molecular flexibility index (Phi) is 3.60. The van der Waals surface area contributed by atoms with Crippen LogP contribution in [0.3, 0.4) is 0 Å². The van der Waals surface area contributed by atoms with Crippen LogP contribution in [0.25, 0.3) is 0 Å². The normalized spacial score (nSPS) is 9.43. The third-order valence-corrected chi connectivity index (χ3v) is 1.67. The van der Waals surface area contributed by atoms with Gasteiger partial charge in [0, 0.05) is 18.9 Å². The molecule has 1 rings (SSSR count). The van der Waals surface area contributed by atoms with Gasteiger partial charge in [-0.25, -0.2) is 0 Å². The first kappa shape index (κ1) is 10.2. The predicted molar refractivity (Wildman–Crippen MR) is 50.1 cm³/mol. The highest BCUT2D eigenvalue weighted by molar-refractivity contribution is 6.34. The number of carbonyl (C=O) groups excluding carboxylic acids is 2. The maximum absolute atomic E-state index is 10.7. The van der Waals surface area contributed by atoms with Crippen molar-refractivity contribution in [2.45, 2.75) is 6.42 Å². The van der Waals surface area contributed by atoms with Crippen LogP contribution in [-0.4, -0.2) is 23.3 Å². The molecule has 0 aliphatic carbocycles. The topological polar surface area (TPSA) is 85.1 Å². The number of hydrogen-bond donors (Lipinski definition) is 2. The number of nitrogens with one attached hydrogen (secondary N) is 1. The zero-order valence-electron chi connectivity index (χ0n) is 7.56. The molecular weight excluding hydrogens is 182 g/mol. The first-order chi connectivity index (χ1) is 6.70. The van der Waals surface area contributed by atoms with Crippen molar-refractivity contribution in [1.29, 1.82) is 0 Å².